The predicted molar refractivity (Wildman–Crippen MR) is 104 cm³/mol. The lowest BCUT2D eigenvalue weighted by Crippen LogP contribution is -2.37. The quantitative estimate of drug-likeness (QED) is 0.752. The second-order valence-electron chi connectivity index (χ2n) is 6.58. The zero-order chi connectivity index (χ0) is 17.5. The van der Waals surface area contributed by atoms with Crippen LogP contribution in [0.1, 0.15) is 30.9 Å². The van der Waals surface area contributed by atoms with Gasteiger partial charge in [-0.2, -0.15) is 0 Å². The second kappa shape index (κ2) is 9.23. The maximum atomic E-state index is 6.19. The molecule has 0 bridgehead atoms. The van der Waals surface area contributed by atoms with Crippen LogP contribution in [-0.4, -0.2) is 30.6 Å². The second-order valence-corrected chi connectivity index (χ2v) is 7.02. The molecule has 4 heteroatoms. The van der Waals surface area contributed by atoms with Crippen LogP contribution in [0.25, 0.3) is 0 Å². The zero-order valence-corrected chi connectivity index (χ0v) is 15.6. The van der Waals surface area contributed by atoms with Gasteiger partial charge in [0, 0.05) is 29.7 Å². The van der Waals surface area contributed by atoms with Gasteiger partial charge in [-0.25, -0.2) is 0 Å². The number of hydrogen-bond donors (Lipinski definition) is 1. The summed E-state index contributed by atoms with van der Waals surface area (Å²) in [4.78, 5) is 2.55. The van der Waals surface area contributed by atoms with E-state index in [1.807, 2.05) is 36.4 Å². The summed E-state index contributed by atoms with van der Waals surface area (Å²) in [5.74, 6) is 0.902. The monoisotopic (exact) mass is 358 g/mol. The van der Waals surface area contributed by atoms with Gasteiger partial charge in [-0.1, -0.05) is 48.9 Å². The molecule has 0 aliphatic carbocycles. The molecule has 0 amide bonds. The Balaban J connectivity index is 1.57. The highest BCUT2D eigenvalue weighted by Crippen LogP contribution is 2.24. The van der Waals surface area contributed by atoms with Gasteiger partial charge in [0.05, 0.1) is 0 Å². The van der Waals surface area contributed by atoms with Crippen LogP contribution >= 0.6 is 11.6 Å². The van der Waals surface area contributed by atoms with Gasteiger partial charge in [-0.15, -0.1) is 0 Å². The fraction of sp³-hybridized carbons (Fsp3) is 0.429. The van der Waals surface area contributed by atoms with Crippen LogP contribution in [0.2, 0.25) is 5.02 Å². The van der Waals surface area contributed by atoms with Gasteiger partial charge in [-0.05, 0) is 49.7 Å². The van der Waals surface area contributed by atoms with Crippen LogP contribution < -0.4 is 10.1 Å². The van der Waals surface area contributed by atoms with Gasteiger partial charge < -0.3 is 10.1 Å². The third-order valence-corrected chi connectivity index (χ3v) is 5.10. The smallest absolute Gasteiger partial charge is 0.124 e. The van der Waals surface area contributed by atoms with E-state index < -0.39 is 0 Å². The maximum Gasteiger partial charge on any atom is 0.124 e. The Labute approximate surface area is 155 Å². The van der Waals surface area contributed by atoms with Gasteiger partial charge in [0.15, 0.2) is 0 Å². The van der Waals surface area contributed by atoms with Gasteiger partial charge in [0.25, 0.3) is 0 Å². The summed E-state index contributed by atoms with van der Waals surface area (Å²) in [5, 5.41) is 4.34. The van der Waals surface area contributed by atoms with Crippen LogP contribution in [0.3, 0.4) is 0 Å². The maximum absolute atomic E-state index is 6.19. The van der Waals surface area contributed by atoms with Gasteiger partial charge >= 0.3 is 0 Å². The molecule has 1 atom stereocenters. The van der Waals surface area contributed by atoms with E-state index in [0.29, 0.717) is 12.6 Å². The molecule has 0 aromatic heterocycles. The molecule has 3 nitrogen and oxygen atoms in total. The van der Waals surface area contributed by atoms with Crippen molar-refractivity contribution in [3.8, 4) is 5.75 Å². The Hall–Kier alpha value is -1.55. The Morgan fingerprint density at radius 1 is 1.20 bits per heavy atom. The number of halogens is 1. The third kappa shape index (κ3) is 5.21. The van der Waals surface area contributed by atoms with Gasteiger partial charge in [-0.3, -0.25) is 4.90 Å². The molecule has 2 aromatic carbocycles. The minimum atomic E-state index is 0.571. The van der Waals surface area contributed by atoms with Crippen molar-refractivity contribution in [2.24, 2.45) is 0 Å². The van der Waals surface area contributed by atoms with E-state index in [1.54, 1.807) is 0 Å². The van der Waals surface area contributed by atoms with Crippen LogP contribution in [0.4, 0.5) is 0 Å². The number of likely N-dealkylation sites (tertiary alicyclic amines) is 1. The van der Waals surface area contributed by atoms with Crippen molar-refractivity contribution in [2.75, 3.05) is 19.6 Å². The normalized spacial score (nSPS) is 17.8. The molecule has 2 aromatic rings. The number of ether oxygens (including phenoxy) is 1. The summed E-state index contributed by atoms with van der Waals surface area (Å²) in [6, 6.07) is 16.7. The highest BCUT2D eigenvalue weighted by Gasteiger charge is 2.22. The van der Waals surface area contributed by atoms with Gasteiger partial charge in [0.1, 0.15) is 12.4 Å². The minimum Gasteiger partial charge on any atom is -0.489 e. The summed E-state index contributed by atoms with van der Waals surface area (Å²) in [7, 11) is 0. The van der Waals surface area contributed by atoms with Crippen LogP contribution in [0.5, 0.6) is 5.75 Å². The van der Waals surface area contributed by atoms with Crippen molar-refractivity contribution in [2.45, 2.75) is 39.0 Å². The molecule has 134 valence electrons. The van der Waals surface area contributed by atoms with E-state index >= 15 is 0 Å². The SMILES string of the molecule is CCN1CCC[C@H]1CNCc1cc(Cl)ccc1OCc1ccccc1. The molecule has 1 aliphatic heterocycles. The highest BCUT2D eigenvalue weighted by molar-refractivity contribution is 6.30. The number of hydrogen-bond acceptors (Lipinski definition) is 3. The van der Waals surface area contributed by atoms with Crippen molar-refractivity contribution in [3.63, 3.8) is 0 Å². The first-order chi connectivity index (χ1) is 12.3. The Bertz CT molecular complexity index is 662. The molecular weight excluding hydrogens is 332 g/mol. The topological polar surface area (TPSA) is 24.5 Å². The van der Waals surface area contributed by atoms with E-state index in [4.69, 9.17) is 16.3 Å². The minimum absolute atomic E-state index is 0.571. The van der Waals surface area contributed by atoms with E-state index in [-0.39, 0.29) is 0 Å². The zero-order valence-electron chi connectivity index (χ0n) is 14.9. The summed E-state index contributed by atoms with van der Waals surface area (Å²) in [6.45, 7) is 6.96. The first kappa shape index (κ1) is 18.2. The highest BCUT2D eigenvalue weighted by atomic mass is 35.5. The van der Waals surface area contributed by atoms with Crippen molar-refractivity contribution in [1.82, 2.24) is 10.2 Å². The lowest BCUT2D eigenvalue weighted by atomic mass is 10.1. The molecule has 25 heavy (non-hydrogen) atoms. The lowest BCUT2D eigenvalue weighted by molar-refractivity contribution is 0.259. The van der Waals surface area contributed by atoms with E-state index in [9.17, 15) is 0 Å². The first-order valence-electron chi connectivity index (χ1n) is 9.16. The average molecular weight is 359 g/mol. The molecule has 0 radical (unpaired) electrons. The molecular formula is C21H27ClN2O. The summed E-state index contributed by atoms with van der Waals surface area (Å²) in [6.07, 6.45) is 2.59. The average Bonchev–Trinajstić information content (AvgIpc) is 3.09. The molecule has 1 heterocycles. The van der Waals surface area contributed by atoms with Crippen LogP contribution in [-0.2, 0) is 13.2 Å². The predicted octanol–water partition coefficient (Wildman–Crippen LogP) is 4.49. The molecule has 0 spiro atoms. The first-order valence-corrected chi connectivity index (χ1v) is 9.54. The molecule has 3 rings (SSSR count). The summed E-state index contributed by atoms with van der Waals surface area (Å²) >= 11 is 6.19. The standard InChI is InChI=1S/C21H27ClN2O/c1-2-24-12-6-9-20(24)15-23-14-18-13-19(22)10-11-21(18)25-16-17-7-4-3-5-8-17/h3-5,7-8,10-11,13,20,23H,2,6,9,12,14-16H2,1H3/t20-/m0/s1. The molecule has 1 fully saturated rings. The fourth-order valence-electron chi connectivity index (χ4n) is 3.48. The number of benzene rings is 2. The largest absolute Gasteiger partial charge is 0.489 e. The van der Waals surface area contributed by atoms with Crippen molar-refractivity contribution >= 4 is 11.6 Å². The Morgan fingerprint density at radius 2 is 2.04 bits per heavy atom. The number of likely N-dealkylation sites (N-methyl/N-ethyl adjacent to an activating group) is 1. The molecule has 1 N–H and O–H groups in total. The van der Waals surface area contributed by atoms with Crippen molar-refractivity contribution in [3.05, 3.63) is 64.7 Å². The van der Waals surface area contributed by atoms with E-state index in [0.717, 1.165) is 36.0 Å². The third-order valence-electron chi connectivity index (χ3n) is 4.86. The number of nitrogens with one attached hydrogen (secondary N) is 1. The van der Waals surface area contributed by atoms with Gasteiger partial charge in [0.2, 0.25) is 0 Å². The molecule has 1 aliphatic rings. The fourth-order valence-corrected chi connectivity index (χ4v) is 3.67. The number of nitrogens with zero attached hydrogens (tertiary/aromatic N) is 1. The summed E-state index contributed by atoms with van der Waals surface area (Å²) in [5.41, 5.74) is 2.28. The molecule has 0 saturated carbocycles. The van der Waals surface area contributed by atoms with Crippen molar-refractivity contribution in [1.29, 1.82) is 0 Å². The Morgan fingerprint density at radius 3 is 2.84 bits per heavy atom. The Kier molecular flexibility index (Phi) is 6.74. The van der Waals surface area contributed by atoms with Crippen molar-refractivity contribution < 1.29 is 4.74 Å². The molecule has 0 unspecified atom stereocenters. The van der Waals surface area contributed by atoms with E-state index in [1.165, 1.54) is 24.9 Å². The van der Waals surface area contributed by atoms with Crippen LogP contribution in [0.15, 0.2) is 48.5 Å². The lowest BCUT2D eigenvalue weighted by Gasteiger charge is -2.23. The molecule has 1 saturated heterocycles. The number of rotatable bonds is 8. The van der Waals surface area contributed by atoms with E-state index in [2.05, 4.69) is 29.3 Å². The summed E-state index contributed by atoms with van der Waals surface area (Å²) < 4.78 is 6.03. The van der Waals surface area contributed by atoms with Crippen LogP contribution in [0, 0.1) is 0 Å².